The normalized spacial score (nSPS) is 15.5. The Balaban J connectivity index is 2.09. The van der Waals surface area contributed by atoms with Crippen LogP contribution in [0.4, 0.5) is 0 Å². The Morgan fingerprint density at radius 1 is 1.35 bits per heavy atom. The van der Waals surface area contributed by atoms with Crippen LogP contribution in [-0.2, 0) is 16.6 Å². The Kier molecular flexibility index (Phi) is 5.60. The Bertz CT molecular complexity index is 556. The Morgan fingerprint density at radius 3 is 2.75 bits per heavy atom. The van der Waals surface area contributed by atoms with Crippen molar-refractivity contribution in [1.29, 1.82) is 0 Å². The van der Waals surface area contributed by atoms with Gasteiger partial charge in [0.1, 0.15) is 0 Å². The second-order valence-electron chi connectivity index (χ2n) is 5.24. The summed E-state index contributed by atoms with van der Waals surface area (Å²) in [6.07, 6.45) is 3.32. The molecule has 0 amide bonds. The molecule has 1 fully saturated rings. The first kappa shape index (κ1) is 15.9. The second kappa shape index (κ2) is 7.02. The topological polar surface area (TPSA) is 58.2 Å². The van der Waals surface area contributed by atoms with Crippen LogP contribution in [0.3, 0.4) is 0 Å². The van der Waals surface area contributed by atoms with E-state index in [9.17, 15) is 8.42 Å². The molecular weight excluding hydrogens is 340 g/mol. The van der Waals surface area contributed by atoms with Gasteiger partial charge in [-0.1, -0.05) is 13.0 Å². The number of hydrogen-bond donors (Lipinski definition) is 2. The predicted octanol–water partition coefficient (Wildman–Crippen LogP) is 2.64. The molecule has 1 aliphatic rings. The second-order valence-corrected chi connectivity index (χ2v) is 7.83. The summed E-state index contributed by atoms with van der Waals surface area (Å²) in [6.45, 7) is 4.27. The van der Waals surface area contributed by atoms with Crippen LogP contribution < -0.4 is 10.0 Å². The molecule has 0 saturated heterocycles. The fourth-order valence-corrected chi connectivity index (χ4v) is 4.03. The van der Waals surface area contributed by atoms with Crippen molar-refractivity contribution in [3.05, 3.63) is 28.2 Å². The average molecular weight is 361 g/mol. The Morgan fingerprint density at radius 2 is 2.10 bits per heavy atom. The molecule has 0 atom stereocenters. The first-order valence-electron chi connectivity index (χ1n) is 7.01. The van der Waals surface area contributed by atoms with Crippen molar-refractivity contribution in [2.75, 3.05) is 13.1 Å². The number of halogens is 1. The quantitative estimate of drug-likeness (QED) is 0.700. The molecule has 20 heavy (non-hydrogen) atoms. The maximum absolute atomic E-state index is 12.3. The van der Waals surface area contributed by atoms with Crippen LogP contribution in [0.5, 0.6) is 0 Å². The van der Waals surface area contributed by atoms with E-state index in [-0.39, 0.29) is 0 Å². The van der Waals surface area contributed by atoms with E-state index in [2.05, 4.69) is 32.9 Å². The first-order chi connectivity index (χ1) is 9.53. The van der Waals surface area contributed by atoms with Crippen molar-refractivity contribution in [2.45, 2.75) is 37.6 Å². The highest BCUT2D eigenvalue weighted by Crippen LogP contribution is 2.29. The zero-order chi connectivity index (χ0) is 14.6. The van der Waals surface area contributed by atoms with Crippen LogP contribution in [0.1, 0.15) is 31.7 Å². The molecule has 0 bridgehead atoms. The number of benzene rings is 1. The molecule has 0 aromatic heterocycles. The van der Waals surface area contributed by atoms with Gasteiger partial charge in [0.15, 0.2) is 0 Å². The molecule has 1 saturated carbocycles. The van der Waals surface area contributed by atoms with E-state index >= 15 is 0 Å². The highest BCUT2D eigenvalue weighted by atomic mass is 79.9. The molecular formula is C14H21BrN2O2S. The first-order valence-corrected chi connectivity index (χ1v) is 9.29. The Labute approximate surface area is 129 Å². The van der Waals surface area contributed by atoms with Crippen LogP contribution in [0.15, 0.2) is 27.6 Å². The summed E-state index contributed by atoms with van der Waals surface area (Å²) >= 11 is 3.33. The molecule has 1 aromatic rings. The van der Waals surface area contributed by atoms with E-state index in [1.54, 1.807) is 12.1 Å². The molecule has 0 aliphatic heterocycles. The van der Waals surface area contributed by atoms with Crippen LogP contribution in [0.25, 0.3) is 0 Å². The minimum Gasteiger partial charge on any atom is -0.313 e. The smallest absolute Gasteiger partial charge is 0.241 e. The molecule has 0 radical (unpaired) electrons. The van der Waals surface area contributed by atoms with Crippen LogP contribution in [0, 0.1) is 5.92 Å². The highest BCUT2D eigenvalue weighted by molar-refractivity contribution is 9.10. The fourth-order valence-electron chi connectivity index (χ4n) is 1.90. The third-order valence-electron chi connectivity index (χ3n) is 3.30. The van der Waals surface area contributed by atoms with Crippen molar-refractivity contribution in [3.8, 4) is 0 Å². The Hall–Kier alpha value is -0.430. The van der Waals surface area contributed by atoms with Gasteiger partial charge >= 0.3 is 0 Å². The predicted molar refractivity (Wildman–Crippen MR) is 84.1 cm³/mol. The van der Waals surface area contributed by atoms with Gasteiger partial charge in [0.05, 0.1) is 4.90 Å². The van der Waals surface area contributed by atoms with Crippen molar-refractivity contribution in [3.63, 3.8) is 0 Å². The van der Waals surface area contributed by atoms with Crippen molar-refractivity contribution >= 4 is 26.0 Å². The van der Waals surface area contributed by atoms with Gasteiger partial charge in [0.2, 0.25) is 10.0 Å². The van der Waals surface area contributed by atoms with Gasteiger partial charge in [-0.05, 0) is 65.4 Å². The number of rotatable bonds is 8. The number of sulfonamides is 1. The molecule has 0 heterocycles. The molecule has 2 rings (SSSR count). The molecule has 0 unspecified atom stereocenters. The van der Waals surface area contributed by atoms with Crippen LogP contribution >= 0.6 is 15.9 Å². The van der Waals surface area contributed by atoms with Gasteiger partial charge in [0, 0.05) is 17.6 Å². The average Bonchev–Trinajstić information content (AvgIpc) is 3.23. The van der Waals surface area contributed by atoms with Gasteiger partial charge in [-0.15, -0.1) is 0 Å². The van der Waals surface area contributed by atoms with E-state index in [1.165, 1.54) is 0 Å². The highest BCUT2D eigenvalue weighted by Gasteiger charge is 2.25. The summed E-state index contributed by atoms with van der Waals surface area (Å²) in [5.41, 5.74) is 0.980. The van der Waals surface area contributed by atoms with Gasteiger partial charge in [-0.25, -0.2) is 13.1 Å². The van der Waals surface area contributed by atoms with E-state index in [0.717, 1.165) is 31.4 Å². The fraction of sp³-hybridized carbons (Fsp3) is 0.571. The molecule has 1 aliphatic carbocycles. The monoisotopic (exact) mass is 360 g/mol. The third kappa shape index (κ3) is 4.55. The SMILES string of the molecule is CCCNCc1ccc(Br)c(S(=O)(=O)NCC2CC2)c1. The molecule has 0 spiro atoms. The van der Waals surface area contributed by atoms with Crippen LogP contribution in [0.2, 0.25) is 0 Å². The maximum atomic E-state index is 12.3. The molecule has 112 valence electrons. The third-order valence-corrected chi connectivity index (χ3v) is 5.72. The minimum absolute atomic E-state index is 0.328. The van der Waals surface area contributed by atoms with Crippen molar-refractivity contribution < 1.29 is 8.42 Å². The lowest BCUT2D eigenvalue weighted by atomic mass is 10.2. The molecule has 1 aromatic carbocycles. The van der Waals surface area contributed by atoms with Gasteiger partial charge in [0.25, 0.3) is 0 Å². The lowest BCUT2D eigenvalue weighted by Gasteiger charge is -2.10. The largest absolute Gasteiger partial charge is 0.313 e. The zero-order valence-electron chi connectivity index (χ0n) is 11.7. The van der Waals surface area contributed by atoms with Gasteiger partial charge in [-0.2, -0.15) is 0 Å². The van der Waals surface area contributed by atoms with E-state index in [4.69, 9.17) is 0 Å². The summed E-state index contributed by atoms with van der Waals surface area (Å²) in [4.78, 5) is 0.328. The van der Waals surface area contributed by atoms with E-state index < -0.39 is 10.0 Å². The van der Waals surface area contributed by atoms with Crippen molar-refractivity contribution in [2.24, 2.45) is 5.92 Å². The number of nitrogens with one attached hydrogen (secondary N) is 2. The molecule has 4 nitrogen and oxygen atoms in total. The molecule has 6 heteroatoms. The molecule has 2 N–H and O–H groups in total. The maximum Gasteiger partial charge on any atom is 0.241 e. The zero-order valence-corrected chi connectivity index (χ0v) is 14.1. The summed E-state index contributed by atoms with van der Waals surface area (Å²) in [5, 5.41) is 3.28. The van der Waals surface area contributed by atoms with E-state index in [1.807, 2.05) is 6.07 Å². The van der Waals surface area contributed by atoms with Gasteiger partial charge < -0.3 is 5.32 Å². The summed E-state index contributed by atoms with van der Waals surface area (Å²) in [6, 6.07) is 5.48. The minimum atomic E-state index is -3.42. The standard InChI is InChI=1S/C14H21BrN2O2S/c1-2-7-16-9-12-5-6-13(15)14(8-12)20(18,19)17-10-11-3-4-11/h5-6,8,11,16-17H,2-4,7,9-10H2,1H3. The van der Waals surface area contributed by atoms with Gasteiger partial charge in [-0.3, -0.25) is 0 Å². The van der Waals surface area contributed by atoms with Crippen LogP contribution in [-0.4, -0.2) is 21.5 Å². The van der Waals surface area contributed by atoms with E-state index in [0.29, 0.717) is 28.4 Å². The number of hydrogen-bond acceptors (Lipinski definition) is 3. The van der Waals surface area contributed by atoms with Crippen molar-refractivity contribution in [1.82, 2.24) is 10.0 Å². The lowest BCUT2D eigenvalue weighted by Crippen LogP contribution is -2.26. The summed E-state index contributed by atoms with van der Waals surface area (Å²) in [7, 11) is -3.42. The summed E-state index contributed by atoms with van der Waals surface area (Å²) < 4.78 is 27.9. The summed E-state index contributed by atoms with van der Waals surface area (Å²) in [5.74, 6) is 0.526. The lowest BCUT2D eigenvalue weighted by molar-refractivity contribution is 0.576.